The summed E-state index contributed by atoms with van der Waals surface area (Å²) in [5.74, 6) is -0.173. The molecule has 148 valence electrons. The van der Waals surface area contributed by atoms with Crippen molar-refractivity contribution in [1.82, 2.24) is 4.90 Å². The lowest BCUT2D eigenvalue weighted by molar-refractivity contribution is -0.130. The quantitative estimate of drug-likeness (QED) is 0.682. The van der Waals surface area contributed by atoms with Crippen molar-refractivity contribution >= 4 is 23.4 Å². The Labute approximate surface area is 163 Å². The van der Waals surface area contributed by atoms with E-state index in [9.17, 15) is 14.4 Å². The van der Waals surface area contributed by atoms with E-state index in [1.807, 2.05) is 0 Å². The number of amides is 3. The minimum atomic E-state index is -0.467. The molecule has 2 aromatic carbocycles. The van der Waals surface area contributed by atoms with E-state index in [4.69, 9.17) is 15.2 Å². The van der Waals surface area contributed by atoms with Crippen molar-refractivity contribution in [3.63, 3.8) is 0 Å². The number of hydrogen-bond donors (Lipinski definition) is 2. The van der Waals surface area contributed by atoms with Gasteiger partial charge in [0.2, 0.25) is 5.91 Å². The number of hydrogen-bond acceptors (Lipinski definition) is 5. The lowest BCUT2D eigenvalue weighted by Crippen LogP contribution is -2.27. The van der Waals surface area contributed by atoms with E-state index in [1.165, 1.54) is 4.90 Å². The zero-order valence-electron chi connectivity index (χ0n) is 15.8. The number of carbonyl (C=O) groups excluding carboxylic acids is 3. The van der Waals surface area contributed by atoms with Gasteiger partial charge < -0.3 is 25.4 Å². The van der Waals surface area contributed by atoms with Crippen molar-refractivity contribution in [2.75, 3.05) is 32.6 Å². The number of rotatable bonds is 9. The molecule has 28 heavy (non-hydrogen) atoms. The Balaban J connectivity index is 2.04. The van der Waals surface area contributed by atoms with Gasteiger partial charge in [-0.1, -0.05) is 18.2 Å². The molecule has 2 aromatic rings. The Morgan fingerprint density at radius 1 is 1.04 bits per heavy atom. The topological polar surface area (TPSA) is 111 Å². The van der Waals surface area contributed by atoms with Crippen LogP contribution < -0.4 is 20.5 Å². The molecule has 0 bridgehead atoms. The molecule has 0 fully saturated rings. The van der Waals surface area contributed by atoms with Crippen LogP contribution in [-0.2, 0) is 9.59 Å². The van der Waals surface area contributed by atoms with Gasteiger partial charge >= 0.3 is 0 Å². The monoisotopic (exact) mass is 385 g/mol. The SMILES string of the molecule is CN(C)C(=O)COc1cccc(C(=O)Nc2ccccc2OCCC(N)=O)c1. The molecule has 2 rings (SSSR count). The van der Waals surface area contributed by atoms with Crippen molar-refractivity contribution in [3.8, 4) is 11.5 Å². The van der Waals surface area contributed by atoms with Crippen LogP contribution in [0.15, 0.2) is 48.5 Å². The molecular weight excluding hydrogens is 362 g/mol. The van der Waals surface area contributed by atoms with Gasteiger partial charge in [0.05, 0.1) is 18.7 Å². The molecule has 0 saturated heterocycles. The summed E-state index contributed by atoms with van der Waals surface area (Å²) in [6.45, 7) is 0.0000542. The van der Waals surface area contributed by atoms with E-state index in [0.717, 1.165) is 0 Å². The maximum absolute atomic E-state index is 12.6. The zero-order valence-corrected chi connectivity index (χ0v) is 15.8. The van der Waals surface area contributed by atoms with Crippen LogP contribution in [0.1, 0.15) is 16.8 Å². The molecule has 0 unspecified atom stereocenters. The number of para-hydroxylation sites is 2. The fourth-order valence-corrected chi connectivity index (χ4v) is 2.15. The van der Waals surface area contributed by atoms with Crippen LogP contribution in [0, 0.1) is 0 Å². The van der Waals surface area contributed by atoms with Crippen molar-refractivity contribution in [1.29, 1.82) is 0 Å². The highest BCUT2D eigenvalue weighted by molar-refractivity contribution is 6.05. The largest absolute Gasteiger partial charge is 0.491 e. The molecule has 3 amide bonds. The number of ether oxygens (including phenoxy) is 2. The van der Waals surface area contributed by atoms with Crippen molar-refractivity contribution in [3.05, 3.63) is 54.1 Å². The van der Waals surface area contributed by atoms with E-state index in [-0.39, 0.29) is 31.4 Å². The number of benzene rings is 2. The van der Waals surface area contributed by atoms with Crippen molar-refractivity contribution in [2.24, 2.45) is 5.73 Å². The predicted octanol–water partition coefficient (Wildman–Crippen LogP) is 1.66. The average molecular weight is 385 g/mol. The van der Waals surface area contributed by atoms with E-state index >= 15 is 0 Å². The van der Waals surface area contributed by atoms with Crippen LogP contribution in [0.5, 0.6) is 11.5 Å². The second-order valence-corrected chi connectivity index (χ2v) is 6.12. The normalized spacial score (nSPS) is 10.1. The predicted molar refractivity (Wildman–Crippen MR) is 104 cm³/mol. The van der Waals surface area contributed by atoms with Gasteiger partial charge in [0.1, 0.15) is 11.5 Å². The Hall–Kier alpha value is -3.55. The number of anilines is 1. The summed E-state index contributed by atoms with van der Waals surface area (Å²) in [4.78, 5) is 36.5. The lowest BCUT2D eigenvalue weighted by atomic mass is 10.2. The summed E-state index contributed by atoms with van der Waals surface area (Å²) in [6.07, 6.45) is 0.0767. The summed E-state index contributed by atoms with van der Waals surface area (Å²) in [5.41, 5.74) is 5.93. The molecule has 0 aromatic heterocycles. The van der Waals surface area contributed by atoms with Gasteiger partial charge in [0.15, 0.2) is 6.61 Å². The zero-order chi connectivity index (χ0) is 20.5. The molecule has 0 atom stereocenters. The Bertz CT molecular complexity index is 851. The summed E-state index contributed by atoms with van der Waals surface area (Å²) in [7, 11) is 3.27. The first-order chi connectivity index (χ1) is 13.4. The number of nitrogens with zero attached hydrogens (tertiary/aromatic N) is 1. The summed E-state index contributed by atoms with van der Waals surface area (Å²) >= 11 is 0. The van der Waals surface area contributed by atoms with Gasteiger partial charge in [-0.15, -0.1) is 0 Å². The fraction of sp³-hybridized carbons (Fsp3) is 0.250. The third-order valence-corrected chi connectivity index (χ3v) is 3.70. The minimum absolute atomic E-state index is 0.0767. The Kier molecular flexibility index (Phi) is 7.38. The molecular formula is C20H23N3O5. The summed E-state index contributed by atoms with van der Waals surface area (Å²) in [5, 5.41) is 2.76. The van der Waals surface area contributed by atoms with E-state index < -0.39 is 5.91 Å². The molecule has 8 nitrogen and oxygen atoms in total. The minimum Gasteiger partial charge on any atom is -0.491 e. The maximum atomic E-state index is 12.6. The molecule has 8 heteroatoms. The number of carbonyl (C=O) groups is 3. The van der Waals surface area contributed by atoms with Crippen LogP contribution in [0.2, 0.25) is 0 Å². The number of nitrogens with one attached hydrogen (secondary N) is 1. The van der Waals surface area contributed by atoms with Crippen LogP contribution in [0.3, 0.4) is 0 Å². The third-order valence-electron chi connectivity index (χ3n) is 3.70. The molecule has 0 saturated carbocycles. The Morgan fingerprint density at radius 2 is 1.79 bits per heavy atom. The van der Waals surface area contributed by atoms with Crippen LogP contribution in [0.4, 0.5) is 5.69 Å². The van der Waals surface area contributed by atoms with E-state index in [0.29, 0.717) is 22.7 Å². The van der Waals surface area contributed by atoms with Crippen LogP contribution in [-0.4, -0.2) is 49.9 Å². The average Bonchev–Trinajstić information content (AvgIpc) is 2.67. The lowest BCUT2D eigenvalue weighted by Gasteiger charge is -2.13. The highest BCUT2D eigenvalue weighted by atomic mass is 16.5. The number of nitrogens with two attached hydrogens (primary N) is 1. The second kappa shape index (κ2) is 9.96. The van der Waals surface area contributed by atoms with Crippen molar-refractivity contribution < 1.29 is 23.9 Å². The molecule has 0 heterocycles. The highest BCUT2D eigenvalue weighted by Crippen LogP contribution is 2.25. The first-order valence-corrected chi connectivity index (χ1v) is 8.61. The van der Waals surface area contributed by atoms with Crippen molar-refractivity contribution in [2.45, 2.75) is 6.42 Å². The maximum Gasteiger partial charge on any atom is 0.259 e. The van der Waals surface area contributed by atoms with E-state index in [2.05, 4.69) is 5.32 Å². The van der Waals surface area contributed by atoms with Gasteiger partial charge in [-0.25, -0.2) is 0 Å². The molecule has 0 spiro atoms. The van der Waals surface area contributed by atoms with Gasteiger partial charge in [-0.2, -0.15) is 0 Å². The number of likely N-dealkylation sites (N-methyl/N-ethyl adjacent to an activating group) is 1. The molecule has 0 aliphatic carbocycles. The molecule has 0 radical (unpaired) electrons. The molecule has 3 N–H and O–H groups in total. The summed E-state index contributed by atoms with van der Waals surface area (Å²) < 4.78 is 10.9. The van der Waals surface area contributed by atoms with Crippen LogP contribution >= 0.6 is 0 Å². The van der Waals surface area contributed by atoms with Gasteiger partial charge in [-0.3, -0.25) is 14.4 Å². The van der Waals surface area contributed by atoms with E-state index in [1.54, 1.807) is 62.6 Å². The third kappa shape index (κ3) is 6.31. The van der Waals surface area contributed by atoms with Gasteiger partial charge in [0, 0.05) is 19.7 Å². The first kappa shape index (κ1) is 20.8. The second-order valence-electron chi connectivity index (χ2n) is 6.12. The molecule has 0 aliphatic rings. The Morgan fingerprint density at radius 3 is 2.50 bits per heavy atom. The van der Waals surface area contributed by atoms with Crippen LogP contribution in [0.25, 0.3) is 0 Å². The highest BCUT2D eigenvalue weighted by Gasteiger charge is 2.12. The summed E-state index contributed by atoms with van der Waals surface area (Å²) in [6, 6.07) is 13.4. The number of primary amides is 1. The standard InChI is InChI=1S/C20H23N3O5/c1-23(2)19(25)13-28-15-7-5-6-14(12-15)20(26)22-16-8-3-4-9-17(16)27-11-10-18(21)24/h3-9,12H,10-11,13H2,1-2H3,(H2,21,24)(H,22,26). The van der Waals surface area contributed by atoms with Gasteiger partial charge in [0.25, 0.3) is 11.8 Å². The smallest absolute Gasteiger partial charge is 0.259 e. The van der Waals surface area contributed by atoms with Gasteiger partial charge in [-0.05, 0) is 30.3 Å². The molecule has 0 aliphatic heterocycles. The fourth-order valence-electron chi connectivity index (χ4n) is 2.15. The first-order valence-electron chi connectivity index (χ1n) is 8.61.